The van der Waals surface area contributed by atoms with Crippen LogP contribution in [0.2, 0.25) is 0 Å². The highest BCUT2D eigenvalue weighted by Crippen LogP contribution is 2.28. The van der Waals surface area contributed by atoms with Crippen LogP contribution >= 0.6 is 11.8 Å². The first-order valence-electron chi connectivity index (χ1n) is 7.93. The van der Waals surface area contributed by atoms with Crippen LogP contribution < -0.4 is 0 Å². The zero-order valence-corrected chi connectivity index (χ0v) is 14.6. The van der Waals surface area contributed by atoms with Gasteiger partial charge in [0, 0.05) is 24.0 Å². The molecule has 3 rings (SSSR count). The molecular formula is C18H24N2OS. The molecule has 0 saturated carbocycles. The van der Waals surface area contributed by atoms with E-state index >= 15 is 0 Å². The topological polar surface area (TPSA) is 36.1 Å². The first-order chi connectivity index (χ1) is 10.5. The third-order valence-corrected chi connectivity index (χ3v) is 5.83. The van der Waals surface area contributed by atoms with Gasteiger partial charge in [-0.3, -0.25) is 4.79 Å². The van der Waals surface area contributed by atoms with Gasteiger partial charge in [-0.05, 0) is 62.3 Å². The van der Waals surface area contributed by atoms with E-state index in [1.165, 1.54) is 16.5 Å². The number of aromatic nitrogens is 1. The van der Waals surface area contributed by atoms with Crippen molar-refractivity contribution < 1.29 is 4.79 Å². The van der Waals surface area contributed by atoms with Crippen LogP contribution in [-0.4, -0.2) is 40.4 Å². The number of nitrogens with zero attached hydrogens (tertiary/aromatic N) is 1. The summed E-state index contributed by atoms with van der Waals surface area (Å²) in [6.45, 7) is 6.25. The lowest BCUT2D eigenvalue weighted by molar-refractivity contribution is 0.0718. The van der Waals surface area contributed by atoms with Gasteiger partial charge in [-0.15, -0.1) is 0 Å². The molecule has 2 aromatic rings. The minimum absolute atomic E-state index is 0.127. The molecule has 0 aliphatic carbocycles. The number of benzene rings is 1. The quantitative estimate of drug-likeness (QED) is 0.907. The number of carbonyl (C=O) groups is 1. The Morgan fingerprint density at radius 2 is 1.91 bits per heavy atom. The summed E-state index contributed by atoms with van der Waals surface area (Å²) in [7, 11) is 1.95. The number of thioether (sulfide) groups is 1. The first-order valence-corrected chi connectivity index (χ1v) is 9.09. The average Bonchev–Trinajstić information content (AvgIpc) is 2.84. The number of carbonyl (C=O) groups excluding carboxylic acids is 1. The Labute approximate surface area is 136 Å². The Morgan fingerprint density at radius 1 is 1.23 bits per heavy atom. The molecule has 0 unspecified atom stereocenters. The summed E-state index contributed by atoms with van der Waals surface area (Å²) >= 11 is 1.99. The van der Waals surface area contributed by atoms with E-state index in [4.69, 9.17) is 0 Å². The Bertz CT molecular complexity index is 713. The maximum atomic E-state index is 12.9. The van der Waals surface area contributed by atoms with Gasteiger partial charge in [0.15, 0.2) is 0 Å². The third kappa shape index (κ3) is 2.65. The number of amides is 1. The maximum absolute atomic E-state index is 12.9. The minimum Gasteiger partial charge on any atom is -0.350 e. The van der Waals surface area contributed by atoms with E-state index in [-0.39, 0.29) is 5.91 Å². The van der Waals surface area contributed by atoms with Gasteiger partial charge in [-0.1, -0.05) is 11.6 Å². The Morgan fingerprint density at radius 3 is 2.59 bits per heavy atom. The van der Waals surface area contributed by atoms with Crippen LogP contribution in [0.1, 0.15) is 40.0 Å². The van der Waals surface area contributed by atoms with E-state index < -0.39 is 0 Å². The zero-order valence-electron chi connectivity index (χ0n) is 13.8. The number of H-pyrrole nitrogens is 1. The molecule has 0 atom stereocenters. The minimum atomic E-state index is 0.127. The molecule has 1 aromatic carbocycles. The first kappa shape index (κ1) is 15.5. The van der Waals surface area contributed by atoms with Crippen molar-refractivity contribution in [1.29, 1.82) is 0 Å². The fourth-order valence-electron chi connectivity index (χ4n) is 3.41. The van der Waals surface area contributed by atoms with Crippen LogP contribution in [0.3, 0.4) is 0 Å². The van der Waals surface area contributed by atoms with Crippen molar-refractivity contribution in [2.24, 2.45) is 0 Å². The lowest BCUT2D eigenvalue weighted by Gasteiger charge is -2.30. The van der Waals surface area contributed by atoms with Gasteiger partial charge in [-0.2, -0.15) is 11.8 Å². The standard InChI is InChI=1S/C18H24N2OS/c1-11-9-12(2)16-15(10-11)13(3)17(19-16)18(21)20(4)14-5-7-22-8-6-14/h9-10,14,19H,5-8H2,1-4H3. The van der Waals surface area contributed by atoms with Crippen LogP contribution in [-0.2, 0) is 0 Å². The lowest BCUT2D eigenvalue weighted by atomic mass is 10.0. The normalized spacial score (nSPS) is 16.2. The van der Waals surface area contributed by atoms with Crippen molar-refractivity contribution in [1.82, 2.24) is 9.88 Å². The fourth-order valence-corrected chi connectivity index (χ4v) is 4.49. The van der Waals surface area contributed by atoms with E-state index in [9.17, 15) is 4.79 Å². The van der Waals surface area contributed by atoms with E-state index in [1.807, 2.05) is 23.7 Å². The molecule has 4 heteroatoms. The van der Waals surface area contributed by atoms with Crippen LogP contribution in [0, 0.1) is 20.8 Å². The highest BCUT2D eigenvalue weighted by atomic mass is 32.2. The number of rotatable bonds is 2. The molecule has 2 heterocycles. The number of nitrogens with one attached hydrogen (secondary N) is 1. The molecule has 1 aliphatic rings. The van der Waals surface area contributed by atoms with Gasteiger partial charge in [-0.25, -0.2) is 0 Å². The SMILES string of the molecule is Cc1cc(C)c2[nH]c(C(=O)N(C)C3CCSCC3)c(C)c2c1. The molecule has 1 N–H and O–H groups in total. The van der Waals surface area contributed by atoms with Crippen molar-refractivity contribution >= 4 is 28.6 Å². The van der Waals surface area contributed by atoms with Gasteiger partial charge < -0.3 is 9.88 Å². The molecule has 3 nitrogen and oxygen atoms in total. The van der Waals surface area contributed by atoms with Gasteiger partial charge in [0.05, 0.1) is 0 Å². The summed E-state index contributed by atoms with van der Waals surface area (Å²) in [6.07, 6.45) is 2.20. The second-order valence-electron chi connectivity index (χ2n) is 6.39. The van der Waals surface area contributed by atoms with Gasteiger partial charge in [0.2, 0.25) is 0 Å². The molecule has 1 aromatic heterocycles. The van der Waals surface area contributed by atoms with E-state index in [1.54, 1.807) is 0 Å². The lowest BCUT2D eigenvalue weighted by Crippen LogP contribution is -2.39. The number of aryl methyl sites for hydroxylation is 3. The van der Waals surface area contributed by atoms with Crippen molar-refractivity contribution in [3.63, 3.8) is 0 Å². The van der Waals surface area contributed by atoms with E-state index in [0.717, 1.165) is 41.1 Å². The molecule has 1 saturated heterocycles. The molecular weight excluding hydrogens is 292 g/mol. The molecule has 0 bridgehead atoms. The number of aromatic amines is 1. The number of fused-ring (bicyclic) bond motifs is 1. The van der Waals surface area contributed by atoms with Crippen molar-refractivity contribution in [3.8, 4) is 0 Å². The van der Waals surface area contributed by atoms with Gasteiger partial charge in [0.25, 0.3) is 5.91 Å². The molecule has 0 spiro atoms. The van der Waals surface area contributed by atoms with Crippen molar-refractivity contribution in [2.75, 3.05) is 18.6 Å². The van der Waals surface area contributed by atoms with E-state index in [0.29, 0.717) is 6.04 Å². The Balaban J connectivity index is 1.97. The summed E-state index contributed by atoms with van der Waals surface area (Å²) in [5.74, 6) is 2.45. The number of hydrogen-bond donors (Lipinski definition) is 1. The molecule has 118 valence electrons. The van der Waals surface area contributed by atoms with Crippen LogP contribution in [0.4, 0.5) is 0 Å². The smallest absolute Gasteiger partial charge is 0.270 e. The highest BCUT2D eigenvalue weighted by molar-refractivity contribution is 7.99. The zero-order chi connectivity index (χ0) is 15.9. The molecule has 22 heavy (non-hydrogen) atoms. The molecule has 1 aliphatic heterocycles. The second kappa shape index (κ2) is 5.99. The predicted molar refractivity (Wildman–Crippen MR) is 95.0 cm³/mol. The largest absolute Gasteiger partial charge is 0.350 e. The molecule has 1 fully saturated rings. The summed E-state index contributed by atoms with van der Waals surface area (Å²) < 4.78 is 0. The Kier molecular flexibility index (Phi) is 4.22. The van der Waals surface area contributed by atoms with Gasteiger partial charge in [0.1, 0.15) is 5.69 Å². The van der Waals surface area contributed by atoms with Crippen molar-refractivity contribution in [3.05, 3.63) is 34.5 Å². The summed E-state index contributed by atoms with van der Waals surface area (Å²) in [6, 6.07) is 4.71. The monoisotopic (exact) mass is 316 g/mol. The highest BCUT2D eigenvalue weighted by Gasteiger charge is 2.26. The van der Waals surface area contributed by atoms with Crippen LogP contribution in [0.15, 0.2) is 12.1 Å². The van der Waals surface area contributed by atoms with Crippen molar-refractivity contribution in [2.45, 2.75) is 39.7 Å². The number of hydrogen-bond acceptors (Lipinski definition) is 2. The van der Waals surface area contributed by atoms with Crippen LogP contribution in [0.5, 0.6) is 0 Å². The summed E-state index contributed by atoms with van der Waals surface area (Å²) in [4.78, 5) is 18.2. The van der Waals surface area contributed by atoms with E-state index in [2.05, 4.69) is 37.9 Å². The third-order valence-electron chi connectivity index (χ3n) is 4.78. The average molecular weight is 316 g/mol. The molecule has 0 radical (unpaired) electrons. The molecule has 1 amide bonds. The second-order valence-corrected chi connectivity index (χ2v) is 7.61. The summed E-state index contributed by atoms with van der Waals surface area (Å²) in [5.41, 5.74) is 5.37. The predicted octanol–water partition coefficient (Wildman–Crippen LogP) is 4.06. The summed E-state index contributed by atoms with van der Waals surface area (Å²) in [5, 5.41) is 1.17. The fraction of sp³-hybridized carbons (Fsp3) is 0.500. The Hall–Kier alpha value is -1.42. The van der Waals surface area contributed by atoms with Gasteiger partial charge >= 0.3 is 0 Å². The van der Waals surface area contributed by atoms with Crippen LogP contribution in [0.25, 0.3) is 10.9 Å². The maximum Gasteiger partial charge on any atom is 0.270 e.